The number of allylic oxidation sites excluding steroid dienone is 2. The molecule has 0 aromatic rings. The van der Waals surface area contributed by atoms with Crippen molar-refractivity contribution in [2.24, 2.45) is 0 Å². The molecule has 0 unspecified atom stereocenters. The average molecular weight is 142 g/mol. The van der Waals surface area contributed by atoms with Crippen molar-refractivity contribution >= 4 is 5.97 Å². The summed E-state index contributed by atoms with van der Waals surface area (Å²) in [5, 5.41) is 8.26. The predicted molar refractivity (Wildman–Crippen MR) is 36.2 cm³/mol. The van der Waals surface area contributed by atoms with Gasteiger partial charge in [0.05, 0.1) is 5.57 Å². The van der Waals surface area contributed by atoms with Crippen LogP contribution in [0.15, 0.2) is 36.7 Å². The Balaban J connectivity index is 4.79. The molecule has 0 aromatic carbocycles. The summed E-state index contributed by atoms with van der Waals surface area (Å²) in [6.07, 6.45) is 1.75. The van der Waals surface area contributed by atoms with E-state index in [2.05, 4.69) is 13.2 Å². The van der Waals surface area contributed by atoms with Crippen LogP contribution >= 0.6 is 0 Å². The lowest BCUT2D eigenvalue weighted by Gasteiger charge is -1.92. The molecule has 0 aliphatic carbocycles. The zero-order valence-corrected chi connectivity index (χ0v) is 5.30. The molecule has 0 radical (unpaired) electrons. The van der Waals surface area contributed by atoms with E-state index in [4.69, 9.17) is 5.11 Å². The van der Waals surface area contributed by atoms with E-state index >= 15 is 0 Å². The van der Waals surface area contributed by atoms with E-state index in [0.717, 1.165) is 12.2 Å². The van der Waals surface area contributed by atoms with Crippen LogP contribution in [0, 0.1) is 0 Å². The van der Waals surface area contributed by atoms with Crippen molar-refractivity contribution in [2.75, 3.05) is 0 Å². The Kier molecular flexibility index (Phi) is 3.11. The maximum atomic E-state index is 12.4. The maximum absolute atomic E-state index is 12.4. The smallest absolute Gasteiger partial charge is 0.338 e. The van der Waals surface area contributed by atoms with Gasteiger partial charge in [-0.15, -0.1) is 0 Å². The van der Waals surface area contributed by atoms with Crippen molar-refractivity contribution < 1.29 is 14.3 Å². The van der Waals surface area contributed by atoms with E-state index in [1.165, 1.54) is 0 Å². The molecular weight excluding hydrogens is 135 g/mol. The quantitative estimate of drug-likeness (QED) is 0.480. The molecule has 10 heavy (non-hydrogen) atoms. The number of aliphatic carboxylic acids is 1. The van der Waals surface area contributed by atoms with Crippen LogP contribution in [0.3, 0.4) is 0 Å². The van der Waals surface area contributed by atoms with Crippen molar-refractivity contribution in [1.29, 1.82) is 0 Å². The second-order valence-electron chi connectivity index (χ2n) is 1.48. The van der Waals surface area contributed by atoms with Gasteiger partial charge in [-0.3, -0.25) is 0 Å². The summed E-state index contributed by atoms with van der Waals surface area (Å²) in [5.74, 6) is -2.21. The third-order valence-electron chi connectivity index (χ3n) is 0.871. The van der Waals surface area contributed by atoms with Crippen molar-refractivity contribution in [1.82, 2.24) is 0 Å². The standard InChI is InChI=1S/C7H7FO2/c1-3-5(7(9)10)6(8)4-2/h3-4H,1-2H2,(H,9,10)/b6-5-. The van der Waals surface area contributed by atoms with Crippen molar-refractivity contribution in [3.63, 3.8) is 0 Å². The van der Waals surface area contributed by atoms with Crippen LogP contribution in [-0.4, -0.2) is 11.1 Å². The maximum Gasteiger partial charge on any atom is 0.338 e. The zero-order chi connectivity index (χ0) is 8.15. The Labute approximate surface area is 58.0 Å². The third-order valence-corrected chi connectivity index (χ3v) is 0.871. The fraction of sp³-hybridized carbons (Fsp3) is 0. The fourth-order valence-electron chi connectivity index (χ4n) is 0.397. The number of hydrogen-bond donors (Lipinski definition) is 1. The first kappa shape index (κ1) is 8.62. The molecular formula is C7H7FO2. The van der Waals surface area contributed by atoms with Crippen LogP contribution in [0.5, 0.6) is 0 Å². The average Bonchev–Trinajstić information content (AvgIpc) is 1.88. The van der Waals surface area contributed by atoms with Gasteiger partial charge in [0.25, 0.3) is 0 Å². The van der Waals surface area contributed by atoms with Gasteiger partial charge in [-0.1, -0.05) is 19.2 Å². The molecule has 0 heterocycles. The first-order valence-corrected chi connectivity index (χ1v) is 2.51. The monoisotopic (exact) mass is 142 g/mol. The molecule has 54 valence electrons. The summed E-state index contributed by atoms with van der Waals surface area (Å²) in [6.45, 7) is 6.19. The summed E-state index contributed by atoms with van der Waals surface area (Å²) in [7, 11) is 0. The number of halogens is 1. The molecule has 0 bridgehead atoms. The SMILES string of the molecule is C=C/C(F)=C(\C=C)C(=O)O. The van der Waals surface area contributed by atoms with Gasteiger partial charge in [-0.2, -0.15) is 0 Å². The Morgan fingerprint density at radius 2 is 1.90 bits per heavy atom. The highest BCUT2D eigenvalue weighted by molar-refractivity contribution is 5.90. The van der Waals surface area contributed by atoms with E-state index in [-0.39, 0.29) is 0 Å². The van der Waals surface area contributed by atoms with E-state index < -0.39 is 17.4 Å². The van der Waals surface area contributed by atoms with Gasteiger partial charge >= 0.3 is 5.97 Å². The lowest BCUT2D eigenvalue weighted by atomic mass is 10.2. The van der Waals surface area contributed by atoms with E-state index in [9.17, 15) is 9.18 Å². The van der Waals surface area contributed by atoms with Gasteiger partial charge in [0, 0.05) is 0 Å². The number of rotatable bonds is 3. The minimum atomic E-state index is -1.34. The highest BCUT2D eigenvalue weighted by atomic mass is 19.1. The van der Waals surface area contributed by atoms with Crippen LogP contribution < -0.4 is 0 Å². The number of carboxylic acids is 1. The summed E-state index contributed by atoms with van der Waals surface area (Å²) >= 11 is 0. The minimum absolute atomic E-state index is 0.463. The lowest BCUT2D eigenvalue weighted by Crippen LogP contribution is -1.98. The van der Waals surface area contributed by atoms with Gasteiger partial charge in [-0.25, -0.2) is 9.18 Å². The number of carboxylic acid groups (broad SMARTS) is 1. The molecule has 0 amide bonds. The van der Waals surface area contributed by atoms with Crippen molar-refractivity contribution in [3.8, 4) is 0 Å². The topological polar surface area (TPSA) is 37.3 Å². The highest BCUT2D eigenvalue weighted by Gasteiger charge is 2.06. The molecule has 0 aliphatic rings. The fourth-order valence-corrected chi connectivity index (χ4v) is 0.397. The van der Waals surface area contributed by atoms with Crippen LogP contribution in [0.2, 0.25) is 0 Å². The molecule has 1 N–H and O–H groups in total. The molecule has 2 nitrogen and oxygen atoms in total. The Morgan fingerprint density at radius 1 is 1.40 bits per heavy atom. The predicted octanol–water partition coefficient (Wildman–Crippen LogP) is 1.67. The summed E-state index contributed by atoms with van der Waals surface area (Å²) in [5.41, 5.74) is -0.463. The lowest BCUT2D eigenvalue weighted by molar-refractivity contribution is -0.132. The molecule has 0 spiro atoms. The Morgan fingerprint density at radius 3 is 2.00 bits per heavy atom. The number of carbonyl (C=O) groups is 1. The second kappa shape index (κ2) is 3.61. The molecule has 0 aliphatic heterocycles. The number of hydrogen-bond acceptors (Lipinski definition) is 1. The second-order valence-corrected chi connectivity index (χ2v) is 1.48. The third kappa shape index (κ3) is 1.85. The molecule has 0 atom stereocenters. The van der Waals surface area contributed by atoms with Crippen LogP contribution in [0.4, 0.5) is 4.39 Å². The van der Waals surface area contributed by atoms with Crippen molar-refractivity contribution in [2.45, 2.75) is 0 Å². The van der Waals surface area contributed by atoms with Gasteiger partial charge in [0.15, 0.2) is 0 Å². The molecule has 0 rings (SSSR count). The Hall–Kier alpha value is -1.38. The zero-order valence-electron chi connectivity index (χ0n) is 5.30. The molecule has 0 aromatic heterocycles. The summed E-state index contributed by atoms with van der Waals surface area (Å²) in [6, 6.07) is 0. The largest absolute Gasteiger partial charge is 0.478 e. The first-order valence-electron chi connectivity index (χ1n) is 2.51. The first-order chi connectivity index (χ1) is 4.63. The molecule has 0 saturated heterocycles. The van der Waals surface area contributed by atoms with E-state index in [0.29, 0.717) is 0 Å². The van der Waals surface area contributed by atoms with Gasteiger partial charge < -0.3 is 5.11 Å². The molecule has 3 heteroatoms. The van der Waals surface area contributed by atoms with Gasteiger partial charge in [-0.05, 0) is 6.08 Å². The highest BCUT2D eigenvalue weighted by Crippen LogP contribution is 2.07. The van der Waals surface area contributed by atoms with Crippen LogP contribution in [0.1, 0.15) is 0 Å². The molecule has 0 saturated carbocycles. The molecule has 0 fully saturated rings. The van der Waals surface area contributed by atoms with Crippen LogP contribution in [0.25, 0.3) is 0 Å². The normalized spacial score (nSPS) is 11.7. The Bertz CT molecular complexity index is 204. The minimum Gasteiger partial charge on any atom is -0.478 e. The summed E-state index contributed by atoms with van der Waals surface area (Å²) in [4.78, 5) is 10.1. The van der Waals surface area contributed by atoms with Crippen molar-refractivity contribution in [3.05, 3.63) is 36.7 Å². The van der Waals surface area contributed by atoms with Gasteiger partial charge in [0.1, 0.15) is 5.83 Å². The summed E-state index contributed by atoms with van der Waals surface area (Å²) < 4.78 is 12.4. The van der Waals surface area contributed by atoms with Gasteiger partial charge in [0.2, 0.25) is 0 Å². The van der Waals surface area contributed by atoms with E-state index in [1.807, 2.05) is 0 Å². The van der Waals surface area contributed by atoms with E-state index in [1.54, 1.807) is 0 Å². The van der Waals surface area contributed by atoms with Crippen LogP contribution in [-0.2, 0) is 4.79 Å².